The van der Waals surface area contributed by atoms with Crippen LogP contribution in [0.1, 0.15) is 12.0 Å². The van der Waals surface area contributed by atoms with Crippen LogP contribution in [0.25, 0.3) is 16.5 Å². The van der Waals surface area contributed by atoms with Gasteiger partial charge in [-0.1, -0.05) is 24.3 Å². The molecular weight excluding hydrogens is 288 g/mol. The van der Waals surface area contributed by atoms with E-state index in [4.69, 9.17) is 9.72 Å². The maximum atomic E-state index is 5.41. The van der Waals surface area contributed by atoms with Crippen LogP contribution >= 0.6 is 0 Å². The molecule has 0 radical (unpaired) electrons. The molecule has 0 spiro atoms. The molecule has 1 N–H and O–H groups in total. The average Bonchev–Trinajstić information content (AvgIpc) is 2.63. The Kier molecular flexibility index (Phi) is 3.70. The van der Waals surface area contributed by atoms with Crippen molar-refractivity contribution in [2.45, 2.75) is 6.42 Å². The van der Waals surface area contributed by atoms with Crippen molar-refractivity contribution < 1.29 is 4.74 Å². The summed E-state index contributed by atoms with van der Waals surface area (Å²) in [6.45, 7) is 1.42. The van der Waals surface area contributed by atoms with E-state index in [1.807, 2.05) is 30.5 Å². The number of anilines is 2. The minimum atomic E-state index is 0.575. The van der Waals surface area contributed by atoms with E-state index in [9.17, 15) is 0 Å². The number of fused-ring (bicyclic) bond motifs is 1. The Bertz CT molecular complexity index is 861. The number of ether oxygens (including phenoxy) is 1. The molecule has 0 amide bonds. The summed E-state index contributed by atoms with van der Waals surface area (Å²) in [5, 5.41) is 4.23. The van der Waals surface area contributed by atoms with Crippen LogP contribution in [0.5, 0.6) is 0 Å². The van der Waals surface area contributed by atoms with Gasteiger partial charge in [0.25, 0.3) is 0 Å². The highest BCUT2D eigenvalue weighted by Crippen LogP contribution is 2.28. The van der Waals surface area contributed by atoms with E-state index in [0.717, 1.165) is 35.2 Å². The summed E-state index contributed by atoms with van der Waals surface area (Å²) < 4.78 is 5.41. The standard InChI is InChI=1S/C18H16N4O/c1-3-14-11-20-18(21-15-4-2-8-19-12-15)22-17(14)16(5-1)13-6-9-23-10-7-13/h1-6,8,11-12H,7,9-10H2,(H,20,21,22). The molecule has 0 fully saturated rings. The van der Waals surface area contributed by atoms with Crippen LogP contribution in [0.15, 0.2) is 55.0 Å². The van der Waals surface area contributed by atoms with Crippen LogP contribution in [0.3, 0.4) is 0 Å². The summed E-state index contributed by atoms with van der Waals surface area (Å²) in [6.07, 6.45) is 8.39. The van der Waals surface area contributed by atoms with Gasteiger partial charge in [0.15, 0.2) is 0 Å². The number of rotatable bonds is 3. The largest absolute Gasteiger partial charge is 0.377 e. The lowest BCUT2D eigenvalue weighted by Crippen LogP contribution is -2.05. The molecule has 1 aliphatic rings. The monoisotopic (exact) mass is 304 g/mol. The first kappa shape index (κ1) is 13.8. The van der Waals surface area contributed by atoms with Crippen LogP contribution in [-0.2, 0) is 4.74 Å². The highest BCUT2D eigenvalue weighted by atomic mass is 16.5. The van der Waals surface area contributed by atoms with E-state index in [2.05, 4.69) is 27.4 Å². The van der Waals surface area contributed by atoms with Crippen molar-refractivity contribution in [2.75, 3.05) is 18.5 Å². The topological polar surface area (TPSA) is 59.9 Å². The van der Waals surface area contributed by atoms with Crippen LogP contribution in [-0.4, -0.2) is 28.2 Å². The molecular formula is C18H16N4O. The smallest absolute Gasteiger partial charge is 0.227 e. The van der Waals surface area contributed by atoms with Crippen molar-refractivity contribution >= 4 is 28.1 Å². The highest BCUT2D eigenvalue weighted by molar-refractivity contribution is 5.91. The lowest BCUT2D eigenvalue weighted by molar-refractivity contribution is 0.161. The van der Waals surface area contributed by atoms with Crippen LogP contribution in [0.2, 0.25) is 0 Å². The average molecular weight is 304 g/mol. The van der Waals surface area contributed by atoms with Crippen LogP contribution < -0.4 is 5.32 Å². The van der Waals surface area contributed by atoms with Crippen molar-refractivity contribution in [3.63, 3.8) is 0 Å². The van der Waals surface area contributed by atoms with Gasteiger partial charge in [-0.3, -0.25) is 4.98 Å². The van der Waals surface area contributed by atoms with Crippen LogP contribution in [0.4, 0.5) is 11.6 Å². The third kappa shape index (κ3) is 2.91. The molecule has 0 aliphatic carbocycles. The molecule has 0 bridgehead atoms. The quantitative estimate of drug-likeness (QED) is 0.801. The van der Waals surface area contributed by atoms with Gasteiger partial charge in [-0.05, 0) is 24.1 Å². The van der Waals surface area contributed by atoms with Crippen molar-refractivity contribution in [3.8, 4) is 0 Å². The Morgan fingerprint density at radius 1 is 1.09 bits per heavy atom. The predicted octanol–water partition coefficient (Wildman–Crippen LogP) is 3.57. The van der Waals surface area contributed by atoms with Crippen molar-refractivity contribution in [3.05, 3.63) is 60.6 Å². The van der Waals surface area contributed by atoms with Crippen molar-refractivity contribution in [1.82, 2.24) is 15.0 Å². The second-order valence-corrected chi connectivity index (χ2v) is 5.36. The first-order valence-electron chi connectivity index (χ1n) is 7.60. The summed E-state index contributed by atoms with van der Waals surface area (Å²) >= 11 is 0. The second-order valence-electron chi connectivity index (χ2n) is 5.36. The number of hydrogen-bond donors (Lipinski definition) is 1. The third-order valence-corrected chi connectivity index (χ3v) is 3.84. The second kappa shape index (κ2) is 6.14. The summed E-state index contributed by atoms with van der Waals surface area (Å²) in [7, 11) is 0. The Labute approximate surface area is 134 Å². The summed E-state index contributed by atoms with van der Waals surface area (Å²) in [5.74, 6) is 0.575. The summed E-state index contributed by atoms with van der Waals surface area (Å²) in [5.41, 5.74) is 4.27. The van der Waals surface area contributed by atoms with E-state index in [1.54, 1.807) is 12.4 Å². The minimum Gasteiger partial charge on any atom is -0.377 e. The SMILES string of the molecule is C1=C(c2cccc3cnc(Nc4cccnc4)nc23)CCOC1. The number of nitrogens with one attached hydrogen (secondary N) is 1. The number of aromatic nitrogens is 3. The fraction of sp³-hybridized carbons (Fsp3) is 0.167. The van der Waals surface area contributed by atoms with Gasteiger partial charge in [0.2, 0.25) is 5.95 Å². The van der Waals surface area contributed by atoms with E-state index in [-0.39, 0.29) is 0 Å². The molecule has 2 aromatic heterocycles. The summed E-state index contributed by atoms with van der Waals surface area (Å²) in [4.78, 5) is 13.2. The number of pyridine rings is 1. The molecule has 0 saturated heterocycles. The van der Waals surface area contributed by atoms with Gasteiger partial charge in [0.05, 0.1) is 30.6 Å². The molecule has 5 heteroatoms. The van der Waals surface area contributed by atoms with E-state index in [0.29, 0.717) is 12.6 Å². The van der Waals surface area contributed by atoms with Crippen LogP contribution in [0, 0.1) is 0 Å². The lowest BCUT2D eigenvalue weighted by Gasteiger charge is -2.15. The molecule has 4 rings (SSSR count). The molecule has 0 saturated carbocycles. The van der Waals surface area contributed by atoms with E-state index in [1.165, 1.54) is 5.57 Å². The van der Waals surface area contributed by atoms with Gasteiger partial charge in [-0.2, -0.15) is 0 Å². The number of para-hydroxylation sites is 1. The maximum Gasteiger partial charge on any atom is 0.227 e. The van der Waals surface area contributed by atoms with Crippen molar-refractivity contribution in [1.29, 1.82) is 0 Å². The van der Waals surface area contributed by atoms with Gasteiger partial charge in [-0.25, -0.2) is 9.97 Å². The Hall–Kier alpha value is -2.79. The van der Waals surface area contributed by atoms with Gasteiger partial charge in [0, 0.05) is 23.3 Å². The minimum absolute atomic E-state index is 0.575. The Morgan fingerprint density at radius 2 is 2.09 bits per heavy atom. The molecule has 23 heavy (non-hydrogen) atoms. The third-order valence-electron chi connectivity index (χ3n) is 3.84. The summed E-state index contributed by atoms with van der Waals surface area (Å²) in [6, 6.07) is 10.0. The fourth-order valence-corrected chi connectivity index (χ4v) is 2.71. The number of hydrogen-bond acceptors (Lipinski definition) is 5. The fourth-order valence-electron chi connectivity index (χ4n) is 2.71. The Morgan fingerprint density at radius 3 is 2.91 bits per heavy atom. The highest BCUT2D eigenvalue weighted by Gasteiger charge is 2.11. The van der Waals surface area contributed by atoms with Gasteiger partial charge < -0.3 is 10.1 Å². The van der Waals surface area contributed by atoms with E-state index >= 15 is 0 Å². The molecule has 5 nitrogen and oxygen atoms in total. The first-order chi connectivity index (χ1) is 11.4. The van der Waals surface area contributed by atoms with Gasteiger partial charge in [-0.15, -0.1) is 0 Å². The maximum absolute atomic E-state index is 5.41. The molecule has 114 valence electrons. The normalized spacial score (nSPS) is 14.5. The zero-order valence-corrected chi connectivity index (χ0v) is 12.6. The molecule has 1 aromatic carbocycles. The number of benzene rings is 1. The zero-order chi connectivity index (χ0) is 15.5. The molecule has 3 heterocycles. The molecule has 0 unspecified atom stereocenters. The number of nitrogens with zero attached hydrogens (tertiary/aromatic N) is 3. The van der Waals surface area contributed by atoms with Gasteiger partial charge in [0.1, 0.15) is 0 Å². The zero-order valence-electron chi connectivity index (χ0n) is 12.6. The lowest BCUT2D eigenvalue weighted by atomic mass is 9.99. The first-order valence-corrected chi connectivity index (χ1v) is 7.60. The molecule has 0 atom stereocenters. The predicted molar refractivity (Wildman–Crippen MR) is 90.5 cm³/mol. The molecule has 1 aliphatic heterocycles. The molecule has 3 aromatic rings. The Balaban J connectivity index is 1.76. The van der Waals surface area contributed by atoms with Crippen molar-refractivity contribution in [2.24, 2.45) is 0 Å². The van der Waals surface area contributed by atoms with Gasteiger partial charge >= 0.3 is 0 Å². The van der Waals surface area contributed by atoms with E-state index < -0.39 is 0 Å².